The summed E-state index contributed by atoms with van der Waals surface area (Å²) in [6, 6.07) is 10.8. The summed E-state index contributed by atoms with van der Waals surface area (Å²) >= 11 is 0. The Morgan fingerprint density at radius 3 is 2.81 bits per heavy atom. The number of urea groups is 1. The number of hydrogen-bond donors (Lipinski definition) is 2. The number of aromatic nitrogens is 1. The first-order valence-corrected chi connectivity index (χ1v) is 8.21. The highest BCUT2D eigenvalue weighted by Gasteiger charge is 2.27. The molecule has 0 spiro atoms. The number of hydrogen-bond acceptors (Lipinski definition) is 5. The molecular formula is C18H23ClN4O3. The lowest BCUT2D eigenvalue weighted by atomic mass is 10.2. The Morgan fingerprint density at radius 1 is 1.31 bits per heavy atom. The topological polar surface area (TPSA) is 75.7 Å². The van der Waals surface area contributed by atoms with Crippen LogP contribution in [0, 0.1) is 0 Å². The number of methoxy groups -OCH3 is 1. The van der Waals surface area contributed by atoms with E-state index in [0.29, 0.717) is 25.4 Å². The van der Waals surface area contributed by atoms with Crippen LogP contribution in [0.15, 0.2) is 48.8 Å². The average Bonchev–Trinajstić information content (AvgIpc) is 2.68. The molecule has 1 aliphatic heterocycles. The molecule has 0 radical (unpaired) electrons. The average molecular weight is 379 g/mol. The monoisotopic (exact) mass is 378 g/mol. The number of pyridine rings is 1. The Kier molecular flexibility index (Phi) is 7.50. The number of ether oxygens (including phenoxy) is 2. The van der Waals surface area contributed by atoms with Gasteiger partial charge >= 0.3 is 6.03 Å². The predicted molar refractivity (Wildman–Crippen MR) is 102 cm³/mol. The number of carbonyl (C=O) groups excluding carboxylic acids is 1. The van der Waals surface area contributed by atoms with E-state index in [2.05, 4.69) is 15.6 Å². The number of piperazine rings is 1. The largest absolute Gasteiger partial charge is 0.497 e. The molecule has 1 saturated heterocycles. The van der Waals surface area contributed by atoms with Crippen LogP contribution in [-0.2, 0) is 0 Å². The molecule has 2 aromatic rings. The van der Waals surface area contributed by atoms with Gasteiger partial charge in [-0.05, 0) is 36.4 Å². The Hall–Kier alpha value is -2.51. The maximum atomic E-state index is 12.6. The fourth-order valence-corrected chi connectivity index (χ4v) is 2.67. The molecular weight excluding hydrogens is 356 g/mol. The standard InChI is InChI=1S/C18H22N4O3.ClH/c1-24-16-6-4-14(5-7-16)21-18(23)22-10-9-20-11-15(22)13-25-17-3-2-8-19-12-17;/h2-8,12,15,20H,9-11,13H2,1H3,(H,21,23);1H/t15-;/m1./s1. The van der Waals surface area contributed by atoms with Gasteiger partial charge < -0.3 is 25.0 Å². The Balaban J connectivity index is 0.00000243. The molecule has 1 fully saturated rings. The molecule has 3 rings (SSSR count). The molecule has 8 heteroatoms. The van der Waals surface area contributed by atoms with Crippen molar-refractivity contribution in [3.63, 3.8) is 0 Å². The molecule has 1 aromatic heterocycles. The van der Waals surface area contributed by atoms with Gasteiger partial charge in [0.2, 0.25) is 0 Å². The first-order valence-electron chi connectivity index (χ1n) is 8.21. The van der Waals surface area contributed by atoms with Gasteiger partial charge in [-0.15, -0.1) is 12.4 Å². The quantitative estimate of drug-likeness (QED) is 0.835. The molecule has 2 heterocycles. The van der Waals surface area contributed by atoms with Crippen LogP contribution < -0.4 is 20.1 Å². The number of benzene rings is 1. The molecule has 7 nitrogen and oxygen atoms in total. The summed E-state index contributed by atoms with van der Waals surface area (Å²) in [5.74, 6) is 1.45. The van der Waals surface area contributed by atoms with Crippen LogP contribution >= 0.6 is 12.4 Å². The molecule has 0 bridgehead atoms. The predicted octanol–water partition coefficient (Wildman–Crippen LogP) is 2.40. The van der Waals surface area contributed by atoms with Crippen molar-refractivity contribution in [1.29, 1.82) is 0 Å². The number of carbonyl (C=O) groups is 1. The van der Waals surface area contributed by atoms with Crippen molar-refractivity contribution in [1.82, 2.24) is 15.2 Å². The second-order valence-electron chi connectivity index (χ2n) is 5.71. The van der Waals surface area contributed by atoms with Crippen molar-refractivity contribution < 1.29 is 14.3 Å². The second kappa shape index (κ2) is 9.84. The van der Waals surface area contributed by atoms with E-state index in [1.54, 1.807) is 24.4 Å². The third-order valence-electron chi connectivity index (χ3n) is 4.03. The lowest BCUT2D eigenvalue weighted by Crippen LogP contribution is -2.57. The van der Waals surface area contributed by atoms with Gasteiger partial charge in [0, 0.05) is 31.5 Å². The summed E-state index contributed by atoms with van der Waals surface area (Å²) in [6.45, 7) is 2.49. The highest BCUT2D eigenvalue weighted by molar-refractivity contribution is 5.89. The van der Waals surface area contributed by atoms with Crippen LogP contribution in [0.4, 0.5) is 10.5 Å². The number of anilines is 1. The van der Waals surface area contributed by atoms with Gasteiger partial charge in [0.05, 0.1) is 19.3 Å². The summed E-state index contributed by atoms with van der Waals surface area (Å²) in [5.41, 5.74) is 0.733. The van der Waals surface area contributed by atoms with Gasteiger partial charge in [-0.1, -0.05) is 0 Å². The van der Waals surface area contributed by atoms with Gasteiger partial charge in [-0.2, -0.15) is 0 Å². The molecule has 1 aromatic carbocycles. The van der Waals surface area contributed by atoms with E-state index in [9.17, 15) is 4.79 Å². The summed E-state index contributed by atoms with van der Waals surface area (Å²) < 4.78 is 10.9. The summed E-state index contributed by atoms with van der Waals surface area (Å²) in [4.78, 5) is 18.5. The summed E-state index contributed by atoms with van der Waals surface area (Å²) in [7, 11) is 1.61. The van der Waals surface area contributed by atoms with Crippen LogP contribution in [0.2, 0.25) is 0 Å². The molecule has 26 heavy (non-hydrogen) atoms. The van der Waals surface area contributed by atoms with E-state index in [-0.39, 0.29) is 24.5 Å². The molecule has 2 amide bonds. The van der Waals surface area contributed by atoms with Gasteiger partial charge in [-0.3, -0.25) is 4.98 Å². The lowest BCUT2D eigenvalue weighted by Gasteiger charge is -2.35. The zero-order valence-corrected chi connectivity index (χ0v) is 15.4. The zero-order chi connectivity index (χ0) is 17.5. The van der Waals surface area contributed by atoms with E-state index in [1.807, 2.05) is 36.4 Å². The molecule has 0 unspecified atom stereocenters. The second-order valence-corrected chi connectivity index (χ2v) is 5.71. The Morgan fingerprint density at radius 2 is 2.12 bits per heavy atom. The molecule has 0 aliphatic carbocycles. The van der Waals surface area contributed by atoms with Crippen LogP contribution in [0.5, 0.6) is 11.5 Å². The van der Waals surface area contributed by atoms with Crippen molar-refractivity contribution in [3.05, 3.63) is 48.8 Å². The van der Waals surface area contributed by atoms with Gasteiger partial charge in [0.15, 0.2) is 0 Å². The van der Waals surface area contributed by atoms with E-state index in [4.69, 9.17) is 9.47 Å². The van der Waals surface area contributed by atoms with Gasteiger partial charge in [-0.25, -0.2) is 4.79 Å². The first-order chi connectivity index (χ1) is 12.3. The number of halogens is 1. The van der Waals surface area contributed by atoms with Crippen LogP contribution in [0.1, 0.15) is 0 Å². The third kappa shape index (κ3) is 5.24. The van der Waals surface area contributed by atoms with Crippen molar-refractivity contribution in [2.45, 2.75) is 6.04 Å². The molecule has 0 saturated carbocycles. The summed E-state index contributed by atoms with van der Waals surface area (Å²) in [5, 5.41) is 6.23. The maximum absolute atomic E-state index is 12.6. The van der Waals surface area contributed by atoms with Crippen molar-refractivity contribution >= 4 is 24.1 Å². The minimum Gasteiger partial charge on any atom is -0.497 e. The van der Waals surface area contributed by atoms with Gasteiger partial charge in [0.1, 0.15) is 18.1 Å². The van der Waals surface area contributed by atoms with Gasteiger partial charge in [0.25, 0.3) is 0 Å². The van der Waals surface area contributed by atoms with Crippen molar-refractivity contribution in [2.75, 3.05) is 38.7 Å². The SMILES string of the molecule is COc1ccc(NC(=O)N2CCNC[C@@H]2COc2cccnc2)cc1.Cl. The number of rotatable bonds is 5. The van der Waals surface area contributed by atoms with Crippen molar-refractivity contribution in [2.24, 2.45) is 0 Å². The third-order valence-corrected chi connectivity index (χ3v) is 4.03. The van der Waals surface area contributed by atoms with Crippen LogP contribution in [0.25, 0.3) is 0 Å². The van der Waals surface area contributed by atoms with E-state index < -0.39 is 0 Å². The zero-order valence-electron chi connectivity index (χ0n) is 14.6. The summed E-state index contributed by atoms with van der Waals surface area (Å²) in [6.07, 6.45) is 3.36. The molecule has 1 atom stereocenters. The van der Waals surface area contributed by atoms with Crippen molar-refractivity contribution in [3.8, 4) is 11.5 Å². The normalized spacial score (nSPS) is 16.3. The number of nitrogens with one attached hydrogen (secondary N) is 2. The lowest BCUT2D eigenvalue weighted by molar-refractivity contribution is 0.133. The minimum atomic E-state index is -0.133. The van der Waals surface area contributed by atoms with E-state index in [0.717, 1.165) is 18.0 Å². The highest BCUT2D eigenvalue weighted by Crippen LogP contribution is 2.17. The molecule has 1 aliphatic rings. The minimum absolute atomic E-state index is 0. The Bertz CT molecular complexity index is 685. The van der Waals surface area contributed by atoms with E-state index >= 15 is 0 Å². The van der Waals surface area contributed by atoms with Crippen LogP contribution in [-0.4, -0.2) is 55.3 Å². The fraction of sp³-hybridized carbons (Fsp3) is 0.333. The fourth-order valence-electron chi connectivity index (χ4n) is 2.67. The molecule has 2 N–H and O–H groups in total. The smallest absolute Gasteiger partial charge is 0.322 e. The maximum Gasteiger partial charge on any atom is 0.322 e. The van der Waals surface area contributed by atoms with Crippen LogP contribution in [0.3, 0.4) is 0 Å². The molecule has 140 valence electrons. The number of amides is 2. The number of nitrogens with zero attached hydrogens (tertiary/aromatic N) is 2. The highest BCUT2D eigenvalue weighted by atomic mass is 35.5. The van der Waals surface area contributed by atoms with E-state index in [1.165, 1.54) is 0 Å². The first kappa shape index (κ1) is 19.8. The Labute approximate surface area is 159 Å².